The number of Topliss-reactive ketones (excluding diaryl/α,β-unsaturated/α-hetero) is 2. The third-order valence-electron chi connectivity index (χ3n) is 4.71. The van der Waals surface area contributed by atoms with E-state index >= 15 is 0 Å². The lowest BCUT2D eigenvalue weighted by molar-refractivity contribution is -0.112. The Kier molecular flexibility index (Phi) is 3.36. The fourth-order valence-electron chi connectivity index (χ4n) is 3.56. The van der Waals surface area contributed by atoms with E-state index in [0.29, 0.717) is 33.7 Å². The molecule has 0 bridgehead atoms. The molecule has 1 aliphatic heterocycles. The molecule has 0 amide bonds. The molecule has 4 heteroatoms. The fourth-order valence-corrected chi connectivity index (χ4v) is 3.56. The summed E-state index contributed by atoms with van der Waals surface area (Å²) < 4.78 is 0. The van der Waals surface area contributed by atoms with Crippen molar-refractivity contribution in [2.45, 2.75) is 12.8 Å². The Balaban J connectivity index is 2.03. The molecule has 2 aromatic carbocycles. The number of nitrogens with one attached hydrogen (secondary N) is 1. The first-order valence-corrected chi connectivity index (χ1v) is 7.99. The Hall–Kier alpha value is -3.45. The van der Waals surface area contributed by atoms with Gasteiger partial charge in [0, 0.05) is 22.4 Å². The number of benzene rings is 2. The summed E-state index contributed by atoms with van der Waals surface area (Å²) in [6, 6.07) is 18.7. The first-order chi connectivity index (χ1) is 12.1. The molecule has 1 N–H and O–H groups in total. The second kappa shape index (κ2) is 5.57. The van der Waals surface area contributed by atoms with Crippen molar-refractivity contribution in [3.05, 3.63) is 88.1 Å². The van der Waals surface area contributed by atoms with E-state index < -0.39 is 17.5 Å². The highest BCUT2D eigenvalue weighted by atomic mass is 16.2. The van der Waals surface area contributed by atoms with Gasteiger partial charge in [0.15, 0.2) is 0 Å². The third kappa shape index (κ3) is 2.14. The number of dihydropyridines is 1. The van der Waals surface area contributed by atoms with E-state index in [-0.39, 0.29) is 0 Å². The zero-order chi connectivity index (χ0) is 17.6. The number of rotatable bonds is 1. The quantitative estimate of drug-likeness (QED) is 0.816. The van der Waals surface area contributed by atoms with Crippen molar-refractivity contribution in [1.29, 1.82) is 5.26 Å². The van der Waals surface area contributed by atoms with Crippen molar-refractivity contribution in [1.82, 2.24) is 5.32 Å². The molecule has 25 heavy (non-hydrogen) atoms. The molecule has 0 fully saturated rings. The minimum atomic E-state index is -0.546. The molecule has 0 saturated carbocycles. The Morgan fingerprint density at radius 2 is 1.56 bits per heavy atom. The van der Waals surface area contributed by atoms with Gasteiger partial charge < -0.3 is 5.32 Å². The maximum absolute atomic E-state index is 12.9. The monoisotopic (exact) mass is 326 g/mol. The van der Waals surface area contributed by atoms with E-state index in [9.17, 15) is 14.9 Å². The molecule has 1 heterocycles. The predicted molar refractivity (Wildman–Crippen MR) is 93.3 cm³/mol. The molecule has 0 aromatic heterocycles. The van der Waals surface area contributed by atoms with E-state index in [4.69, 9.17) is 0 Å². The number of carbonyl (C=O) groups is 2. The molecule has 0 saturated heterocycles. The lowest BCUT2D eigenvalue weighted by atomic mass is 9.73. The molecular formula is C21H14N2O2. The van der Waals surface area contributed by atoms with Crippen LogP contribution in [0.1, 0.15) is 34.3 Å². The lowest BCUT2D eigenvalue weighted by Crippen LogP contribution is -2.35. The summed E-state index contributed by atoms with van der Waals surface area (Å²) in [6.07, 6.45) is 0. The molecule has 1 unspecified atom stereocenters. The molecule has 4 rings (SSSR count). The van der Waals surface area contributed by atoms with Crippen LogP contribution in [0, 0.1) is 11.3 Å². The van der Waals surface area contributed by atoms with E-state index in [1.54, 1.807) is 12.1 Å². The van der Waals surface area contributed by atoms with Gasteiger partial charge in [0.05, 0.1) is 23.3 Å². The summed E-state index contributed by atoms with van der Waals surface area (Å²) in [5.74, 6) is -1.60. The van der Waals surface area contributed by atoms with Crippen molar-refractivity contribution in [3.8, 4) is 6.07 Å². The first kappa shape index (κ1) is 15.1. The van der Waals surface area contributed by atoms with Gasteiger partial charge in [0.2, 0.25) is 11.6 Å². The van der Waals surface area contributed by atoms with Crippen LogP contribution in [0.25, 0.3) is 5.70 Å². The second-order valence-corrected chi connectivity index (χ2v) is 6.11. The number of ketones is 2. The van der Waals surface area contributed by atoms with Gasteiger partial charge in [0.25, 0.3) is 0 Å². The summed E-state index contributed by atoms with van der Waals surface area (Å²) >= 11 is 0. The summed E-state index contributed by atoms with van der Waals surface area (Å²) in [5.41, 5.74) is 4.09. The summed E-state index contributed by atoms with van der Waals surface area (Å²) in [6.45, 7) is 1.82. The predicted octanol–water partition coefficient (Wildman–Crippen LogP) is 3.35. The summed E-state index contributed by atoms with van der Waals surface area (Å²) in [7, 11) is 0. The lowest BCUT2D eigenvalue weighted by Gasteiger charge is -2.33. The van der Waals surface area contributed by atoms with Crippen LogP contribution in [0.15, 0.2) is 71.4 Å². The first-order valence-electron chi connectivity index (χ1n) is 7.99. The normalized spacial score (nSPS) is 19.1. The highest BCUT2D eigenvalue weighted by Gasteiger charge is 2.41. The van der Waals surface area contributed by atoms with Crippen LogP contribution in [0.3, 0.4) is 0 Å². The molecule has 2 aromatic rings. The minimum Gasteiger partial charge on any atom is -0.357 e. The van der Waals surface area contributed by atoms with Gasteiger partial charge >= 0.3 is 0 Å². The number of hydrogen-bond donors (Lipinski definition) is 1. The second-order valence-electron chi connectivity index (χ2n) is 6.11. The number of allylic oxidation sites excluding steroid dienone is 3. The average molecular weight is 326 g/mol. The molecule has 2 aliphatic rings. The van der Waals surface area contributed by atoms with Crippen LogP contribution in [0.4, 0.5) is 0 Å². The molecule has 0 spiro atoms. The Labute approximate surface area is 145 Å². The Bertz CT molecular complexity index is 1020. The van der Waals surface area contributed by atoms with Crippen molar-refractivity contribution >= 4 is 17.3 Å². The van der Waals surface area contributed by atoms with E-state index in [2.05, 4.69) is 11.4 Å². The van der Waals surface area contributed by atoms with E-state index in [1.165, 1.54) is 0 Å². The van der Waals surface area contributed by atoms with Crippen LogP contribution in [-0.4, -0.2) is 11.6 Å². The van der Waals surface area contributed by atoms with Crippen molar-refractivity contribution in [2.75, 3.05) is 0 Å². The van der Waals surface area contributed by atoms with E-state index in [0.717, 1.165) is 5.56 Å². The Morgan fingerprint density at radius 3 is 2.24 bits per heavy atom. The molecule has 4 nitrogen and oxygen atoms in total. The molecule has 1 atom stereocenters. The van der Waals surface area contributed by atoms with Crippen LogP contribution in [0.5, 0.6) is 0 Å². The Morgan fingerprint density at radius 1 is 0.920 bits per heavy atom. The van der Waals surface area contributed by atoms with Gasteiger partial charge in [-0.2, -0.15) is 5.26 Å². The van der Waals surface area contributed by atoms with Gasteiger partial charge in [-0.05, 0) is 12.5 Å². The summed E-state index contributed by atoms with van der Waals surface area (Å²) in [4.78, 5) is 25.5. The topological polar surface area (TPSA) is 70.0 Å². The number of nitrogens with zero attached hydrogens (tertiary/aromatic N) is 1. The number of hydrogen-bond acceptors (Lipinski definition) is 4. The van der Waals surface area contributed by atoms with Crippen molar-refractivity contribution in [2.24, 2.45) is 0 Å². The van der Waals surface area contributed by atoms with Gasteiger partial charge in [0.1, 0.15) is 0 Å². The highest BCUT2D eigenvalue weighted by Crippen LogP contribution is 2.43. The molecule has 1 aliphatic carbocycles. The van der Waals surface area contributed by atoms with Crippen molar-refractivity contribution in [3.63, 3.8) is 0 Å². The van der Waals surface area contributed by atoms with Gasteiger partial charge in [-0.1, -0.05) is 54.6 Å². The maximum Gasteiger partial charge on any atom is 0.233 e. The molecule has 0 radical (unpaired) electrons. The molecular weight excluding hydrogens is 312 g/mol. The van der Waals surface area contributed by atoms with Crippen LogP contribution in [-0.2, 0) is 4.79 Å². The highest BCUT2D eigenvalue weighted by molar-refractivity contribution is 6.52. The van der Waals surface area contributed by atoms with Crippen LogP contribution >= 0.6 is 0 Å². The summed E-state index contributed by atoms with van der Waals surface area (Å²) in [5, 5.41) is 12.9. The zero-order valence-corrected chi connectivity index (χ0v) is 13.5. The number of fused-ring (bicyclic) bond motifs is 2. The van der Waals surface area contributed by atoms with Crippen LogP contribution in [0.2, 0.25) is 0 Å². The maximum atomic E-state index is 12.9. The van der Waals surface area contributed by atoms with Gasteiger partial charge in [-0.3, -0.25) is 9.59 Å². The van der Waals surface area contributed by atoms with E-state index in [1.807, 2.05) is 49.4 Å². The average Bonchev–Trinajstić information content (AvgIpc) is 2.66. The SMILES string of the molecule is CC1=C(C#N)C(c2ccccc2)C2=C(N1)c1ccccc1C(=O)C2=O. The number of nitriles is 1. The molecule has 120 valence electrons. The minimum absolute atomic E-state index is 0.358. The third-order valence-corrected chi connectivity index (χ3v) is 4.71. The smallest absolute Gasteiger partial charge is 0.233 e. The zero-order valence-electron chi connectivity index (χ0n) is 13.5. The number of carbonyl (C=O) groups excluding carboxylic acids is 2. The van der Waals surface area contributed by atoms with Gasteiger partial charge in [-0.25, -0.2) is 0 Å². The van der Waals surface area contributed by atoms with Crippen LogP contribution < -0.4 is 5.32 Å². The fraction of sp³-hybridized carbons (Fsp3) is 0.0952. The van der Waals surface area contributed by atoms with Crippen molar-refractivity contribution < 1.29 is 9.59 Å². The van der Waals surface area contributed by atoms with Gasteiger partial charge in [-0.15, -0.1) is 0 Å². The standard InChI is InChI=1S/C21H14N2O2/c1-12-16(11-22)17(13-7-3-2-4-8-13)18-19(23-12)14-9-5-6-10-15(14)20(24)21(18)25/h2-10,17,23H,1H3. The largest absolute Gasteiger partial charge is 0.357 e.